The summed E-state index contributed by atoms with van der Waals surface area (Å²) >= 11 is 0. The minimum Gasteiger partial charge on any atom is -0.399 e. The highest BCUT2D eigenvalue weighted by Crippen LogP contribution is 2.11. The number of amides is 1. The van der Waals surface area contributed by atoms with Crippen molar-refractivity contribution >= 4 is 17.3 Å². The molecule has 0 fully saturated rings. The Labute approximate surface area is 124 Å². The number of hydrogen-bond donors (Lipinski definition) is 2. The largest absolute Gasteiger partial charge is 0.399 e. The number of nitrogen functional groups attached to an aromatic ring is 1. The number of nitrogens with two attached hydrogens (primary N) is 1. The van der Waals surface area contributed by atoms with Crippen LogP contribution in [0.15, 0.2) is 54.6 Å². The van der Waals surface area contributed by atoms with Gasteiger partial charge >= 0.3 is 0 Å². The van der Waals surface area contributed by atoms with Gasteiger partial charge in [-0.05, 0) is 30.2 Å². The fraction of sp³-hybridized carbons (Fsp3) is 0.235. The van der Waals surface area contributed by atoms with Crippen molar-refractivity contribution in [2.24, 2.45) is 0 Å². The van der Waals surface area contributed by atoms with Gasteiger partial charge in [-0.25, -0.2) is 0 Å². The second-order valence-electron chi connectivity index (χ2n) is 4.77. The molecule has 0 spiro atoms. The Morgan fingerprint density at radius 1 is 1.05 bits per heavy atom. The highest BCUT2D eigenvalue weighted by Gasteiger charge is 2.02. The molecule has 0 unspecified atom stereocenters. The van der Waals surface area contributed by atoms with Crippen LogP contribution in [0, 0.1) is 0 Å². The van der Waals surface area contributed by atoms with Crippen LogP contribution in [0.4, 0.5) is 11.4 Å². The summed E-state index contributed by atoms with van der Waals surface area (Å²) in [6.45, 7) is 1.04. The molecule has 0 atom stereocenters. The fourth-order valence-corrected chi connectivity index (χ4v) is 1.94. The molecule has 2 aromatic carbocycles. The van der Waals surface area contributed by atoms with Crippen molar-refractivity contribution in [1.82, 2.24) is 0 Å². The van der Waals surface area contributed by atoms with E-state index in [0.29, 0.717) is 31.0 Å². The van der Waals surface area contributed by atoms with Gasteiger partial charge in [-0.15, -0.1) is 0 Å². The highest BCUT2D eigenvalue weighted by molar-refractivity contribution is 5.91. The zero-order chi connectivity index (χ0) is 14.9. The molecule has 1 amide bonds. The topological polar surface area (TPSA) is 64.3 Å². The first-order valence-electron chi connectivity index (χ1n) is 7.01. The lowest BCUT2D eigenvalue weighted by Crippen LogP contribution is -2.14. The summed E-state index contributed by atoms with van der Waals surface area (Å²) in [5, 5.41) is 2.79. The molecular weight excluding hydrogens is 264 g/mol. The van der Waals surface area contributed by atoms with Crippen molar-refractivity contribution in [1.29, 1.82) is 0 Å². The molecule has 2 aromatic rings. The highest BCUT2D eigenvalue weighted by atomic mass is 16.5. The maximum atomic E-state index is 11.7. The molecule has 0 aliphatic carbocycles. The zero-order valence-electron chi connectivity index (χ0n) is 11.9. The quantitative estimate of drug-likeness (QED) is 0.607. The second-order valence-corrected chi connectivity index (χ2v) is 4.77. The van der Waals surface area contributed by atoms with E-state index in [2.05, 4.69) is 17.4 Å². The van der Waals surface area contributed by atoms with Gasteiger partial charge < -0.3 is 15.8 Å². The van der Waals surface area contributed by atoms with Gasteiger partial charge in [-0.3, -0.25) is 4.79 Å². The van der Waals surface area contributed by atoms with E-state index in [4.69, 9.17) is 10.5 Å². The number of nitrogens with one attached hydrogen (secondary N) is 1. The summed E-state index contributed by atoms with van der Waals surface area (Å²) in [7, 11) is 0. The average molecular weight is 284 g/mol. The standard InChI is InChI=1S/C17H20N2O2/c18-15-7-4-8-16(13-15)19-17(20)10-12-21-11-9-14-5-2-1-3-6-14/h1-8,13H,9-12,18H2,(H,19,20). The third-order valence-electron chi connectivity index (χ3n) is 3.02. The molecule has 4 heteroatoms. The first kappa shape index (κ1) is 15.1. The van der Waals surface area contributed by atoms with Crippen LogP contribution < -0.4 is 11.1 Å². The molecule has 2 rings (SSSR count). The van der Waals surface area contributed by atoms with Crippen molar-refractivity contribution in [2.45, 2.75) is 12.8 Å². The zero-order valence-corrected chi connectivity index (χ0v) is 11.9. The predicted molar refractivity (Wildman–Crippen MR) is 85.1 cm³/mol. The van der Waals surface area contributed by atoms with Crippen LogP contribution in [0.5, 0.6) is 0 Å². The van der Waals surface area contributed by atoms with Gasteiger partial charge in [0.1, 0.15) is 0 Å². The Hall–Kier alpha value is -2.33. The van der Waals surface area contributed by atoms with E-state index in [1.807, 2.05) is 24.3 Å². The Morgan fingerprint density at radius 2 is 1.86 bits per heavy atom. The molecule has 0 aliphatic heterocycles. The van der Waals surface area contributed by atoms with Gasteiger partial charge in [0.2, 0.25) is 5.91 Å². The molecule has 110 valence electrons. The van der Waals surface area contributed by atoms with Crippen LogP contribution >= 0.6 is 0 Å². The van der Waals surface area contributed by atoms with Crippen molar-refractivity contribution in [2.75, 3.05) is 24.3 Å². The van der Waals surface area contributed by atoms with Gasteiger partial charge in [0, 0.05) is 11.4 Å². The SMILES string of the molecule is Nc1cccc(NC(=O)CCOCCc2ccccc2)c1. The minimum absolute atomic E-state index is 0.0692. The van der Waals surface area contributed by atoms with E-state index in [-0.39, 0.29) is 5.91 Å². The second kappa shape index (κ2) is 8.07. The number of hydrogen-bond acceptors (Lipinski definition) is 3. The number of rotatable bonds is 7. The van der Waals surface area contributed by atoms with Crippen LogP contribution in [0.2, 0.25) is 0 Å². The van der Waals surface area contributed by atoms with Gasteiger partial charge in [-0.2, -0.15) is 0 Å². The molecule has 0 bridgehead atoms. The van der Waals surface area contributed by atoms with E-state index >= 15 is 0 Å². The van der Waals surface area contributed by atoms with E-state index in [9.17, 15) is 4.79 Å². The van der Waals surface area contributed by atoms with Crippen LogP contribution in [-0.4, -0.2) is 19.1 Å². The number of benzene rings is 2. The van der Waals surface area contributed by atoms with Gasteiger partial charge in [0.15, 0.2) is 0 Å². The molecule has 0 saturated carbocycles. The monoisotopic (exact) mass is 284 g/mol. The van der Waals surface area contributed by atoms with Crippen molar-refractivity contribution < 1.29 is 9.53 Å². The third-order valence-corrected chi connectivity index (χ3v) is 3.02. The van der Waals surface area contributed by atoms with Gasteiger partial charge in [0.25, 0.3) is 0 Å². The van der Waals surface area contributed by atoms with E-state index in [1.165, 1.54) is 5.56 Å². The smallest absolute Gasteiger partial charge is 0.226 e. The Kier molecular flexibility index (Phi) is 5.79. The molecule has 21 heavy (non-hydrogen) atoms. The lowest BCUT2D eigenvalue weighted by atomic mass is 10.2. The summed E-state index contributed by atoms with van der Waals surface area (Å²) in [5.74, 6) is -0.0692. The van der Waals surface area contributed by atoms with Crippen molar-refractivity contribution in [3.63, 3.8) is 0 Å². The minimum atomic E-state index is -0.0692. The summed E-state index contributed by atoms with van der Waals surface area (Å²) in [4.78, 5) is 11.7. The van der Waals surface area contributed by atoms with Crippen LogP contribution in [0.3, 0.4) is 0 Å². The van der Waals surface area contributed by atoms with Crippen molar-refractivity contribution in [3.8, 4) is 0 Å². The first-order chi connectivity index (χ1) is 10.2. The van der Waals surface area contributed by atoms with Gasteiger partial charge in [0.05, 0.1) is 19.6 Å². The molecule has 0 saturated heterocycles. The Morgan fingerprint density at radius 3 is 2.62 bits per heavy atom. The summed E-state index contributed by atoms with van der Waals surface area (Å²) in [5.41, 5.74) is 8.23. The molecule has 4 nitrogen and oxygen atoms in total. The lowest BCUT2D eigenvalue weighted by Gasteiger charge is -2.07. The molecule has 3 N–H and O–H groups in total. The molecule has 0 aliphatic rings. The number of anilines is 2. The van der Waals surface area contributed by atoms with Crippen LogP contribution in [0.25, 0.3) is 0 Å². The number of carbonyl (C=O) groups excluding carboxylic acids is 1. The normalized spacial score (nSPS) is 10.3. The van der Waals surface area contributed by atoms with Gasteiger partial charge in [-0.1, -0.05) is 36.4 Å². The molecule has 0 heterocycles. The van der Waals surface area contributed by atoms with E-state index in [0.717, 1.165) is 6.42 Å². The lowest BCUT2D eigenvalue weighted by molar-refractivity contribution is -0.117. The third kappa shape index (κ3) is 5.67. The van der Waals surface area contributed by atoms with E-state index in [1.54, 1.807) is 18.2 Å². The van der Waals surface area contributed by atoms with Crippen LogP contribution in [0.1, 0.15) is 12.0 Å². The van der Waals surface area contributed by atoms with E-state index < -0.39 is 0 Å². The molecule has 0 radical (unpaired) electrons. The van der Waals surface area contributed by atoms with Crippen molar-refractivity contribution in [3.05, 3.63) is 60.2 Å². The number of ether oxygens (including phenoxy) is 1. The average Bonchev–Trinajstić information content (AvgIpc) is 2.48. The molecule has 0 aromatic heterocycles. The predicted octanol–water partition coefficient (Wildman–Crippen LogP) is 2.86. The van der Waals surface area contributed by atoms with Crippen LogP contribution in [-0.2, 0) is 16.0 Å². The summed E-state index contributed by atoms with van der Waals surface area (Å²) < 4.78 is 5.48. The summed E-state index contributed by atoms with van der Waals surface area (Å²) in [6.07, 6.45) is 1.20. The molecular formula is C17H20N2O2. The number of carbonyl (C=O) groups is 1. The Balaban J connectivity index is 1.61. The first-order valence-corrected chi connectivity index (χ1v) is 7.01. The Bertz CT molecular complexity index is 570. The maximum Gasteiger partial charge on any atom is 0.226 e. The maximum absolute atomic E-state index is 11.7. The summed E-state index contributed by atoms with van der Waals surface area (Å²) in [6, 6.07) is 17.3. The fourth-order valence-electron chi connectivity index (χ4n) is 1.94.